The molecule has 0 aliphatic heterocycles. The Labute approximate surface area is 96.9 Å². The Bertz CT molecular complexity index is 589. The number of nitrogens with zero attached hydrogens (tertiary/aromatic N) is 2. The van der Waals surface area contributed by atoms with E-state index in [9.17, 15) is 9.59 Å². The number of nitrogens with one attached hydrogen (secondary N) is 1. The van der Waals surface area contributed by atoms with Crippen LogP contribution in [0, 0.1) is 0 Å². The maximum Gasteiger partial charge on any atom is 0.335 e. The van der Waals surface area contributed by atoms with E-state index in [1.807, 2.05) is 0 Å². The minimum absolute atomic E-state index is 0.121. The Kier molecular flexibility index (Phi) is 2.78. The van der Waals surface area contributed by atoms with Crippen LogP contribution in [0.15, 0.2) is 24.5 Å². The van der Waals surface area contributed by atoms with Crippen molar-refractivity contribution in [2.45, 2.75) is 6.54 Å². The quantitative estimate of drug-likeness (QED) is 0.807. The molecule has 88 valence electrons. The molecule has 0 radical (unpaired) electrons. The molecule has 0 aliphatic rings. The highest BCUT2D eigenvalue weighted by Gasteiger charge is 2.09. The van der Waals surface area contributed by atoms with Crippen molar-refractivity contribution < 1.29 is 14.7 Å². The van der Waals surface area contributed by atoms with Crippen LogP contribution in [0.5, 0.6) is 0 Å². The highest BCUT2D eigenvalue weighted by atomic mass is 16.4. The third-order valence-corrected chi connectivity index (χ3v) is 2.46. The molecule has 1 aromatic carbocycles. The summed E-state index contributed by atoms with van der Waals surface area (Å²) in [5.41, 5.74) is 1.48. The van der Waals surface area contributed by atoms with Crippen molar-refractivity contribution in [3.63, 3.8) is 0 Å². The molecule has 6 heteroatoms. The van der Waals surface area contributed by atoms with Crippen molar-refractivity contribution in [2.75, 3.05) is 7.05 Å². The summed E-state index contributed by atoms with van der Waals surface area (Å²) in [4.78, 5) is 26.2. The van der Waals surface area contributed by atoms with Crippen LogP contribution in [-0.4, -0.2) is 33.6 Å². The van der Waals surface area contributed by atoms with Crippen LogP contribution >= 0.6 is 0 Å². The van der Waals surface area contributed by atoms with Gasteiger partial charge in [-0.05, 0) is 18.2 Å². The highest BCUT2D eigenvalue weighted by molar-refractivity contribution is 5.92. The molecule has 2 aromatic rings. The van der Waals surface area contributed by atoms with Gasteiger partial charge in [0.25, 0.3) is 0 Å². The zero-order valence-electron chi connectivity index (χ0n) is 9.17. The Morgan fingerprint density at radius 3 is 2.88 bits per heavy atom. The molecular formula is C11H11N3O3. The van der Waals surface area contributed by atoms with Crippen molar-refractivity contribution >= 4 is 22.9 Å². The molecule has 0 atom stereocenters. The zero-order chi connectivity index (χ0) is 12.4. The van der Waals surface area contributed by atoms with Crippen molar-refractivity contribution in [1.29, 1.82) is 0 Å². The molecule has 1 aromatic heterocycles. The van der Waals surface area contributed by atoms with Crippen LogP contribution < -0.4 is 5.32 Å². The van der Waals surface area contributed by atoms with Crippen LogP contribution in [0.4, 0.5) is 0 Å². The van der Waals surface area contributed by atoms with Gasteiger partial charge in [-0.1, -0.05) is 0 Å². The van der Waals surface area contributed by atoms with Crippen LogP contribution in [0.25, 0.3) is 11.0 Å². The Morgan fingerprint density at radius 1 is 1.47 bits per heavy atom. The van der Waals surface area contributed by atoms with E-state index in [-0.39, 0.29) is 18.0 Å². The number of rotatable bonds is 3. The van der Waals surface area contributed by atoms with Crippen molar-refractivity contribution in [3.8, 4) is 0 Å². The lowest BCUT2D eigenvalue weighted by Gasteiger charge is -2.03. The summed E-state index contributed by atoms with van der Waals surface area (Å²) in [6.45, 7) is 0.121. The number of likely N-dealkylation sites (N-methyl/N-ethyl adjacent to an activating group) is 1. The van der Waals surface area contributed by atoms with E-state index in [4.69, 9.17) is 5.11 Å². The van der Waals surface area contributed by atoms with Crippen LogP contribution in [0.3, 0.4) is 0 Å². The molecule has 0 unspecified atom stereocenters. The summed E-state index contributed by atoms with van der Waals surface area (Å²) in [6.07, 6.45) is 1.52. The molecule has 17 heavy (non-hydrogen) atoms. The summed E-state index contributed by atoms with van der Waals surface area (Å²) >= 11 is 0. The standard InChI is InChI=1S/C11H11N3O3/c1-12-10(15)5-14-6-13-8-3-2-7(11(16)17)4-9(8)14/h2-4,6H,5H2,1H3,(H,12,15)(H,16,17). The average Bonchev–Trinajstić information content (AvgIpc) is 2.71. The number of carbonyl (C=O) groups excluding carboxylic acids is 1. The number of imidazole rings is 1. The normalized spacial score (nSPS) is 10.4. The molecule has 0 spiro atoms. The molecule has 0 saturated carbocycles. The fourth-order valence-electron chi connectivity index (χ4n) is 1.55. The van der Waals surface area contributed by atoms with E-state index in [1.165, 1.54) is 18.5 Å². The van der Waals surface area contributed by atoms with Gasteiger partial charge < -0.3 is 15.0 Å². The Morgan fingerprint density at radius 2 is 2.24 bits per heavy atom. The number of hydrogen-bond acceptors (Lipinski definition) is 3. The molecule has 6 nitrogen and oxygen atoms in total. The van der Waals surface area contributed by atoms with Crippen LogP contribution in [0.1, 0.15) is 10.4 Å². The monoisotopic (exact) mass is 233 g/mol. The number of benzene rings is 1. The summed E-state index contributed by atoms with van der Waals surface area (Å²) in [5.74, 6) is -1.16. The third kappa shape index (κ3) is 2.10. The van der Waals surface area contributed by atoms with Gasteiger partial charge in [0.15, 0.2) is 0 Å². The van der Waals surface area contributed by atoms with Gasteiger partial charge in [-0.2, -0.15) is 0 Å². The maximum atomic E-state index is 11.3. The second kappa shape index (κ2) is 4.25. The number of carbonyl (C=O) groups is 2. The molecule has 0 aliphatic carbocycles. The fourth-order valence-corrected chi connectivity index (χ4v) is 1.55. The van der Waals surface area contributed by atoms with Crippen LogP contribution in [0.2, 0.25) is 0 Å². The molecule has 1 amide bonds. The molecule has 0 fully saturated rings. The Hall–Kier alpha value is -2.37. The van der Waals surface area contributed by atoms with Gasteiger partial charge in [0.05, 0.1) is 22.9 Å². The smallest absolute Gasteiger partial charge is 0.335 e. The lowest BCUT2D eigenvalue weighted by Crippen LogP contribution is -2.23. The number of hydrogen-bond donors (Lipinski definition) is 2. The SMILES string of the molecule is CNC(=O)Cn1cnc2ccc(C(=O)O)cc21. The predicted molar refractivity (Wildman–Crippen MR) is 60.8 cm³/mol. The van der Waals surface area contributed by atoms with E-state index in [2.05, 4.69) is 10.3 Å². The van der Waals surface area contributed by atoms with E-state index in [0.717, 1.165) is 0 Å². The van der Waals surface area contributed by atoms with E-state index >= 15 is 0 Å². The molecule has 2 rings (SSSR count). The number of carboxylic acid groups (broad SMARTS) is 1. The van der Waals surface area contributed by atoms with Gasteiger partial charge in [-0.25, -0.2) is 9.78 Å². The molecular weight excluding hydrogens is 222 g/mol. The van der Waals surface area contributed by atoms with Crippen molar-refractivity contribution in [3.05, 3.63) is 30.1 Å². The average molecular weight is 233 g/mol. The largest absolute Gasteiger partial charge is 0.478 e. The number of fused-ring (bicyclic) bond motifs is 1. The summed E-state index contributed by atoms with van der Waals surface area (Å²) in [7, 11) is 1.55. The summed E-state index contributed by atoms with van der Waals surface area (Å²) in [6, 6.07) is 4.62. The first-order valence-corrected chi connectivity index (χ1v) is 5.00. The number of carboxylic acids is 1. The first-order chi connectivity index (χ1) is 8.11. The van der Waals surface area contributed by atoms with Gasteiger partial charge in [0, 0.05) is 7.05 Å². The number of aromatic nitrogens is 2. The van der Waals surface area contributed by atoms with E-state index < -0.39 is 5.97 Å². The first-order valence-electron chi connectivity index (χ1n) is 5.00. The molecule has 0 saturated heterocycles. The number of amides is 1. The Balaban J connectivity index is 2.46. The molecule has 1 heterocycles. The van der Waals surface area contributed by atoms with Gasteiger partial charge in [0.2, 0.25) is 5.91 Å². The minimum atomic E-state index is -1.00. The first kappa shape index (κ1) is 11.1. The van der Waals surface area contributed by atoms with E-state index in [1.54, 1.807) is 17.7 Å². The van der Waals surface area contributed by atoms with Gasteiger partial charge in [0.1, 0.15) is 6.54 Å². The zero-order valence-corrected chi connectivity index (χ0v) is 9.17. The van der Waals surface area contributed by atoms with Crippen LogP contribution in [-0.2, 0) is 11.3 Å². The minimum Gasteiger partial charge on any atom is -0.478 e. The van der Waals surface area contributed by atoms with E-state index in [0.29, 0.717) is 11.0 Å². The summed E-state index contributed by atoms with van der Waals surface area (Å²) in [5, 5.41) is 11.4. The lowest BCUT2D eigenvalue weighted by atomic mass is 10.2. The second-order valence-corrected chi connectivity index (χ2v) is 3.55. The number of aromatic carboxylic acids is 1. The molecule has 2 N–H and O–H groups in total. The fraction of sp³-hybridized carbons (Fsp3) is 0.182. The highest BCUT2D eigenvalue weighted by Crippen LogP contribution is 2.15. The van der Waals surface area contributed by atoms with Crippen molar-refractivity contribution in [2.24, 2.45) is 0 Å². The second-order valence-electron chi connectivity index (χ2n) is 3.55. The maximum absolute atomic E-state index is 11.3. The van der Waals surface area contributed by atoms with Crippen molar-refractivity contribution in [1.82, 2.24) is 14.9 Å². The topological polar surface area (TPSA) is 84.2 Å². The van der Waals surface area contributed by atoms with Gasteiger partial charge in [-0.3, -0.25) is 4.79 Å². The van der Waals surface area contributed by atoms with Gasteiger partial charge in [-0.15, -0.1) is 0 Å². The summed E-state index contributed by atoms with van der Waals surface area (Å²) < 4.78 is 1.61. The third-order valence-electron chi connectivity index (χ3n) is 2.46. The molecule has 0 bridgehead atoms. The predicted octanol–water partition coefficient (Wildman–Crippen LogP) is 0.480. The lowest BCUT2D eigenvalue weighted by molar-refractivity contribution is -0.121. The van der Waals surface area contributed by atoms with Gasteiger partial charge >= 0.3 is 5.97 Å².